The topological polar surface area (TPSA) is 70.1 Å². The zero-order chi connectivity index (χ0) is 20.4. The maximum atomic E-state index is 13.3. The van der Waals surface area contributed by atoms with Gasteiger partial charge >= 0.3 is 6.18 Å². The van der Waals surface area contributed by atoms with Crippen molar-refractivity contribution in [3.05, 3.63) is 40.0 Å². The highest BCUT2D eigenvalue weighted by atomic mass is 35.5. The van der Waals surface area contributed by atoms with E-state index in [-0.39, 0.29) is 24.3 Å². The Morgan fingerprint density at radius 1 is 1.11 bits per heavy atom. The fourth-order valence-electron chi connectivity index (χ4n) is 2.55. The van der Waals surface area contributed by atoms with Crippen LogP contribution in [0, 0.1) is 19.8 Å². The van der Waals surface area contributed by atoms with Gasteiger partial charge < -0.3 is 15.7 Å². The fraction of sp³-hybridized carbons (Fsp3) is 0.444. The number of rotatable bonds is 6. The minimum absolute atomic E-state index is 0.00575. The zero-order valence-electron chi connectivity index (χ0n) is 15.4. The van der Waals surface area contributed by atoms with Crippen LogP contribution in [0.1, 0.15) is 30.7 Å². The number of alkyl halides is 3. The summed E-state index contributed by atoms with van der Waals surface area (Å²) in [6, 6.07) is 3.80. The van der Waals surface area contributed by atoms with Crippen LogP contribution in [0.2, 0.25) is 5.02 Å². The number of benzene rings is 1. The fourth-order valence-corrected chi connectivity index (χ4v) is 2.87. The van der Waals surface area contributed by atoms with Crippen LogP contribution >= 0.6 is 11.6 Å². The average Bonchev–Trinajstić information content (AvgIpc) is 2.54. The van der Waals surface area contributed by atoms with Crippen LogP contribution < -0.4 is 10.6 Å². The second-order valence-electron chi connectivity index (χ2n) is 6.68. The second kappa shape index (κ2) is 8.31. The molecule has 1 heterocycles. The number of aliphatic hydroxyl groups is 1. The molecule has 3 N–H and O–H groups in total. The van der Waals surface area contributed by atoms with Crippen molar-refractivity contribution in [3.63, 3.8) is 0 Å². The van der Waals surface area contributed by atoms with Crippen molar-refractivity contribution < 1.29 is 18.3 Å². The molecule has 9 heteroatoms. The van der Waals surface area contributed by atoms with E-state index in [1.807, 2.05) is 13.8 Å². The molecule has 0 fully saturated rings. The van der Waals surface area contributed by atoms with Crippen LogP contribution in [-0.4, -0.2) is 27.7 Å². The first-order valence-corrected chi connectivity index (χ1v) is 8.76. The van der Waals surface area contributed by atoms with Crippen molar-refractivity contribution >= 4 is 29.1 Å². The number of nitrogens with one attached hydrogen (secondary N) is 2. The van der Waals surface area contributed by atoms with Crippen molar-refractivity contribution in [2.75, 3.05) is 17.2 Å². The van der Waals surface area contributed by atoms with Gasteiger partial charge in [-0.15, -0.1) is 0 Å². The lowest BCUT2D eigenvalue weighted by atomic mass is 10.1. The highest BCUT2D eigenvalue weighted by Gasteiger charge is 2.34. The van der Waals surface area contributed by atoms with E-state index in [2.05, 4.69) is 20.6 Å². The summed E-state index contributed by atoms with van der Waals surface area (Å²) in [5, 5.41) is 15.7. The SMILES string of the molecule is Cc1cc(Cl)cc(C)c1Nc1cc(C(F)(F)F)nc(N[C@H](CO)C(C)C)n1. The van der Waals surface area contributed by atoms with Gasteiger partial charge in [0, 0.05) is 16.8 Å². The van der Waals surface area contributed by atoms with E-state index in [4.69, 9.17) is 11.6 Å². The standard InChI is InChI=1S/C18H22ClF3N4O/c1-9(2)13(8-27)23-17-24-14(18(20,21)22)7-15(26-17)25-16-10(3)5-12(19)6-11(16)4/h5-7,9,13,27H,8H2,1-4H3,(H2,23,24,25,26)/t13-/m1/s1. The van der Waals surface area contributed by atoms with Gasteiger partial charge in [-0.1, -0.05) is 25.4 Å². The van der Waals surface area contributed by atoms with Crippen LogP contribution in [-0.2, 0) is 6.18 Å². The van der Waals surface area contributed by atoms with E-state index in [9.17, 15) is 18.3 Å². The Hall–Kier alpha value is -2.06. The molecule has 0 spiro atoms. The number of aliphatic hydroxyl groups excluding tert-OH is 1. The quantitative estimate of drug-likeness (QED) is 0.638. The van der Waals surface area contributed by atoms with Crippen LogP contribution in [0.25, 0.3) is 0 Å². The molecule has 148 valence electrons. The van der Waals surface area contributed by atoms with E-state index >= 15 is 0 Å². The summed E-state index contributed by atoms with van der Waals surface area (Å²) in [6.07, 6.45) is -4.63. The molecular formula is C18H22ClF3N4O. The molecule has 0 amide bonds. The largest absolute Gasteiger partial charge is 0.433 e. The molecule has 5 nitrogen and oxygen atoms in total. The summed E-state index contributed by atoms with van der Waals surface area (Å²) >= 11 is 6.00. The summed E-state index contributed by atoms with van der Waals surface area (Å²) in [6.45, 7) is 7.01. The number of aryl methyl sites for hydroxylation is 2. The van der Waals surface area contributed by atoms with Gasteiger partial charge in [-0.2, -0.15) is 18.2 Å². The molecule has 0 saturated carbocycles. The van der Waals surface area contributed by atoms with Gasteiger partial charge in [0.1, 0.15) is 5.82 Å². The van der Waals surface area contributed by atoms with Crippen LogP contribution in [0.4, 0.5) is 30.6 Å². The molecule has 27 heavy (non-hydrogen) atoms. The Balaban J connectivity index is 2.45. The zero-order valence-corrected chi connectivity index (χ0v) is 16.2. The van der Waals surface area contributed by atoms with Crippen molar-refractivity contribution in [3.8, 4) is 0 Å². The lowest BCUT2D eigenvalue weighted by molar-refractivity contribution is -0.141. The summed E-state index contributed by atoms with van der Waals surface area (Å²) in [5.41, 5.74) is 1.10. The molecule has 0 aliphatic carbocycles. The lowest BCUT2D eigenvalue weighted by Gasteiger charge is -2.21. The van der Waals surface area contributed by atoms with Crippen LogP contribution in [0.5, 0.6) is 0 Å². The third-order valence-corrected chi connectivity index (χ3v) is 4.30. The molecule has 0 bridgehead atoms. The van der Waals surface area contributed by atoms with E-state index in [1.54, 1.807) is 26.0 Å². The number of nitrogens with zero attached hydrogens (tertiary/aromatic N) is 2. The molecule has 0 saturated heterocycles. The third kappa shape index (κ3) is 5.46. The highest BCUT2D eigenvalue weighted by Crippen LogP contribution is 2.32. The van der Waals surface area contributed by atoms with Crippen LogP contribution in [0.3, 0.4) is 0 Å². The molecule has 0 aliphatic heterocycles. The predicted octanol–water partition coefficient (Wildman–Crippen LogP) is 4.94. The van der Waals surface area contributed by atoms with Crippen molar-refractivity contribution in [2.24, 2.45) is 5.92 Å². The number of aromatic nitrogens is 2. The second-order valence-corrected chi connectivity index (χ2v) is 7.11. The first kappa shape index (κ1) is 21.2. The smallest absolute Gasteiger partial charge is 0.394 e. The Bertz CT molecular complexity index is 789. The Morgan fingerprint density at radius 2 is 1.70 bits per heavy atom. The van der Waals surface area contributed by atoms with Gasteiger partial charge in [-0.25, -0.2) is 4.98 Å². The predicted molar refractivity (Wildman–Crippen MR) is 101 cm³/mol. The molecule has 1 aromatic carbocycles. The number of anilines is 3. The Morgan fingerprint density at radius 3 is 2.19 bits per heavy atom. The van der Waals surface area contributed by atoms with E-state index in [0.29, 0.717) is 10.7 Å². The summed E-state index contributed by atoms with van der Waals surface area (Å²) in [7, 11) is 0. The molecule has 2 rings (SSSR count). The lowest BCUT2D eigenvalue weighted by Crippen LogP contribution is -2.30. The number of halogens is 4. The molecule has 0 unspecified atom stereocenters. The van der Waals surface area contributed by atoms with E-state index in [0.717, 1.165) is 17.2 Å². The van der Waals surface area contributed by atoms with Gasteiger partial charge in [0.25, 0.3) is 0 Å². The third-order valence-electron chi connectivity index (χ3n) is 4.08. The van der Waals surface area contributed by atoms with Crippen molar-refractivity contribution in [2.45, 2.75) is 39.9 Å². The highest BCUT2D eigenvalue weighted by molar-refractivity contribution is 6.30. The molecule has 0 radical (unpaired) electrons. The maximum Gasteiger partial charge on any atom is 0.433 e. The minimum Gasteiger partial charge on any atom is -0.394 e. The Labute approximate surface area is 161 Å². The van der Waals surface area contributed by atoms with Gasteiger partial charge in [-0.05, 0) is 43.0 Å². The van der Waals surface area contributed by atoms with Crippen LogP contribution in [0.15, 0.2) is 18.2 Å². The molecular weight excluding hydrogens is 381 g/mol. The van der Waals surface area contributed by atoms with Gasteiger partial charge in [-0.3, -0.25) is 0 Å². The first-order chi connectivity index (χ1) is 12.5. The molecule has 0 aliphatic rings. The number of hydrogen-bond acceptors (Lipinski definition) is 5. The molecule has 1 atom stereocenters. The van der Waals surface area contributed by atoms with Gasteiger partial charge in [0.15, 0.2) is 5.69 Å². The average molecular weight is 403 g/mol. The monoisotopic (exact) mass is 402 g/mol. The van der Waals surface area contributed by atoms with Crippen molar-refractivity contribution in [1.82, 2.24) is 9.97 Å². The summed E-state index contributed by atoms with van der Waals surface area (Å²) in [5.74, 6) is -0.233. The van der Waals surface area contributed by atoms with Gasteiger partial charge in [0.2, 0.25) is 5.95 Å². The Kier molecular flexibility index (Phi) is 6.54. The minimum atomic E-state index is -4.63. The van der Waals surface area contributed by atoms with E-state index in [1.165, 1.54) is 0 Å². The molecule has 1 aromatic heterocycles. The van der Waals surface area contributed by atoms with E-state index < -0.39 is 17.9 Å². The maximum absolute atomic E-state index is 13.3. The molecule has 2 aromatic rings. The van der Waals surface area contributed by atoms with Gasteiger partial charge in [0.05, 0.1) is 12.6 Å². The first-order valence-electron chi connectivity index (χ1n) is 8.38. The number of hydrogen-bond donors (Lipinski definition) is 3. The summed E-state index contributed by atoms with van der Waals surface area (Å²) < 4.78 is 39.8. The summed E-state index contributed by atoms with van der Waals surface area (Å²) in [4.78, 5) is 7.70. The normalized spacial score (nSPS) is 13.0. The van der Waals surface area contributed by atoms with Crippen molar-refractivity contribution in [1.29, 1.82) is 0 Å².